The fourth-order valence-electron chi connectivity index (χ4n) is 2.60. The Balaban J connectivity index is 1.67. The summed E-state index contributed by atoms with van der Waals surface area (Å²) in [4.78, 5) is 28.6. The molecule has 3 heterocycles. The van der Waals surface area contributed by atoms with Crippen LogP contribution in [0.15, 0.2) is 30.6 Å². The van der Waals surface area contributed by atoms with Gasteiger partial charge in [-0.3, -0.25) is 0 Å². The van der Waals surface area contributed by atoms with Crippen LogP contribution in [0.2, 0.25) is 0 Å². The Morgan fingerprint density at radius 1 is 1.04 bits per heavy atom. The molecule has 1 fully saturated rings. The van der Waals surface area contributed by atoms with Crippen LogP contribution in [0.5, 0.6) is 5.88 Å². The number of piperazine rings is 1. The molecule has 0 N–H and O–H groups in total. The van der Waals surface area contributed by atoms with Gasteiger partial charge in [0, 0.05) is 32.2 Å². The normalized spacial score (nSPS) is 14.4. The molecule has 126 valence electrons. The first kappa shape index (κ1) is 16.0. The Hall–Kier alpha value is -2.90. The van der Waals surface area contributed by atoms with E-state index >= 15 is 0 Å². The highest BCUT2D eigenvalue weighted by molar-refractivity contribution is 5.87. The molecule has 0 bridgehead atoms. The first-order valence-electron chi connectivity index (χ1n) is 7.62. The Bertz CT molecular complexity index is 716. The van der Waals surface area contributed by atoms with Crippen LogP contribution in [0, 0.1) is 0 Å². The van der Waals surface area contributed by atoms with E-state index in [0.29, 0.717) is 11.6 Å². The van der Waals surface area contributed by atoms with Crippen molar-refractivity contribution in [2.45, 2.75) is 0 Å². The van der Waals surface area contributed by atoms with Crippen molar-refractivity contribution in [1.29, 1.82) is 0 Å². The summed E-state index contributed by atoms with van der Waals surface area (Å²) >= 11 is 0. The number of rotatable bonds is 4. The molecule has 2 aromatic heterocycles. The lowest BCUT2D eigenvalue weighted by Gasteiger charge is -2.36. The van der Waals surface area contributed by atoms with Crippen molar-refractivity contribution in [3.05, 3.63) is 36.3 Å². The molecule has 0 spiro atoms. The summed E-state index contributed by atoms with van der Waals surface area (Å²) in [6.45, 7) is 3.16. The summed E-state index contributed by atoms with van der Waals surface area (Å²) in [6, 6.07) is 7.19. The number of nitrogens with zero attached hydrogens (tertiary/aromatic N) is 5. The third-order valence-corrected chi connectivity index (χ3v) is 3.89. The lowest BCUT2D eigenvalue weighted by Crippen LogP contribution is -2.47. The second kappa shape index (κ2) is 7.12. The van der Waals surface area contributed by atoms with Gasteiger partial charge in [0.05, 0.1) is 14.2 Å². The van der Waals surface area contributed by atoms with Crippen LogP contribution in [0.3, 0.4) is 0 Å². The van der Waals surface area contributed by atoms with E-state index in [2.05, 4.69) is 24.8 Å². The van der Waals surface area contributed by atoms with Crippen molar-refractivity contribution in [3.8, 4) is 5.88 Å². The molecule has 1 saturated heterocycles. The maximum Gasteiger partial charge on any atom is 0.356 e. The van der Waals surface area contributed by atoms with Crippen LogP contribution >= 0.6 is 0 Å². The topological polar surface area (TPSA) is 80.7 Å². The Morgan fingerprint density at radius 2 is 1.75 bits per heavy atom. The molecule has 0 atom stereocenters. The second-order valence-electron chi connectivity index (χ2n) is 5.27. The molecular formula is C16H19N5O3. The molecule has 0 radical (unpaired) electrons. The fourth-order valence-corrected chi connectivity index (χ4v) is 2.60. The monoisotopic (exact) mass is 329 g/mol. The first-order valence-corrected chi connectivity index (χ1v) is 7.62. The van der Waals surface area contributed by atoms with E-state index in [1.807, 2.05) is 18.2 Å². The number of hydrogen-bond acceptors (Lipinski definition) is 8. The number of methoxy groups -OCH3 is 2. The summed E-state index contributed by atoms with van der Waals surface area (Å²) in [5.74, 6) is 1.74. The van der Waals surface area contributed by atoms with Crippen molar-refractivity contribution in [1.82, 2.24) is 15.0 Å². The molecule has 0 aromatic carbocycles. The lowest BCUT2D eigenvalue weighted by molar-refractivity contribution is 0.0594. The van der Waals surface area contributed by atoms with Crippen molar-refractivity contribution in [3.63, 3.8) is 0 Å². The Kier molecular flexibility index (Phi) is 4.74. The van der Waals surface area contributed by atoms with E-state index in [9.17, 15) is 4.79 Å². The third kappa shape index (κ3) is 3.37. The molecular weight excluding hydrogens is 310 g/mol. The summed E-state index contributed by atoms with van der Waals surface area (Å²) in [5, 5.41) is 0. The molecule has 8 nitrogen and oxygen atoms in total. The third-order valence-electron chi connectivity index (χ3n) is 3.89. The van der Waals surface area contributed by atoms with Gasteiger partial charge in [0.1, 0.15) is 18.0 Å². The molecule has 0 aliphatic carbocycles. The van der Waals surface area contributed by atoms with Gasteiger partial charge >= 0.3 is 5.97 Å². The molecule has 2 aromatic rings. The van der Waals surface area contributed by atoms with Gasteiger partial charge in [-0.05, 0) is 12.1 Å². The molecule has 24 heavy (non-hydrogen) atoms. The highest BCUT2D eigenvalue weighted by Gasteiger charge is 2.20. The van der Waals surface area contributed by atoms with Crippen molar-refractivity contribution in [2.24, 2.45) is 0 Å². The first-order chi connectivity index (χ1) is 11.7. The van der Waals surface area contributed by atoms with Gasteiger partial charge in [-0.1, -0.05) is 6.07 Å². The van der Waals surface area contributed by atoms with Gasteiger partial charge in [0.2, 0.25) is 5.88 Å². The lowest BCUT2D eigenvalue weighted by atomic mass is 10.3. The van der Waals surface area contributed by atoms with Crippen LogP contribution in [0.4, 0.5) is 11.6 Å². The van der Waals surface area contributed by atoms with E-state index in [1.165, 1.54) is 13.4 Å². The van der Waals surface area contributed by atoms with Gasteiger partial charge in [-0.2, -0.15) is 0 Å². The molecule has 3 rings (SSSR count). The predicted octanol–water partition coefficient (Wildman–Crippen LogP) is 0.993. The highest BCUT2D eigenvalue weighted by atomic mass is 16.5. The second-order valence-corrected chi connectivity index (χ2v) is 5.27. The standard InChI is InChI=1S/C16H19N5O3/c1-23-15-10-14(17-11-18-15)21-8-6-20(7-9-21)13-5-3-4-12(19-13)16(22)24-2/h3-5,10-11H,6-9H2,1-2H3. The summed E-state index contributed by atoms with van der Waals surface area (Å²) in [6.07, 6.45) is 1.50. The quantitative estimate of drug-likeness (QED) is 0.768. The van der Waals surface area contributed by atoms with Crippen molar-refractivity contribution in [2.75, 3.05) is 50.2 Å². The minimum Gasteiger partial charge on any atom is -0.481 e. The van der Waals surface area contributed by atoms with Crippen LogP contribution in [-0.4, -0.2) is 61.3 Å². The van der Waals surface area contributed by atoms with Gasteiger partial charge in [0.15, 0.2) is 5.69 Å². The minimum absolute atomic E-state index is 0.318. The largest absolute Gasteiger partial charge is 0.481 e. The van der Waals surface area contributed by atoms with E-state index in [0.717, 1.165) is 37.8 Å². The number of carbonyl (C=O) groups is 1. The van der Waals surface area contributed by atoms with Crippen LogP contribution in [0.25, 0.3) is 0 Å². The molecule has 1 aliphatic heterocycles. The number of anilines is 2. The van der Waals surface area contributed by atoms with E-state index in [4.69, 9.17) is 9.47 Å². The molecule has 0 unspecified atom stereocenters. The Labute approximate surface area is 140 Å². The van der Waals surface area contributed by atoms with Gasteiger partial charge in [-0.15, -0.1) is 0 Å². The van der Waals surface area contributed by atoms with Crippen LogP contribution in [-0.2, 0) is 4.74 Å². The van der Waals surface area contributed by atoms with Crippen LogP contribution in [0.1, 0.15) is 10.5 Å². The minimum atomic E-state index is -0.427. The molecule has 0 saturated carbocycles. The Morgan fingerprint density at radius 3 is 2.42 bits per heavy atom. The maximum atomic E-state index is 11.6. The van der Waals surface area contributed by atoms with Crippen molar-refractivity contribution < 1.29 is 14.3 Å². The smallest absolute Gasteiger partial charge is 0.356 e. The number of esters is 1. The van der Waals surface area contributed by atoms with Crippen LogP contribution < -0.4 is 14.5 Å². The average molecular weight is 329 g/mol. The van der Waals surface area contributed by atoms with Crippen molar-refractivity contribution >= 4 is 17.6 Å². The summed E-state index contributed by atoms with van der Waals surface area (Å²) in [5.41, 5.74) is 0.318. The van der Waals surface area contributed by atoms with E-state index < -0.39 is 5.97 Å². The maximum absolute atomic E-state index is 11.6. The number of aromatic nitrogens is 3. The highest BCUT2D eigenvalue weighted by Crippen LogP contribution is 2.20. The summed E-state index contributed by atoms with van der Waals surface area (Å²) < 4.78 is 9.86. The number of ether oxygens (including phenoxy) is 2. The van der Waals surface area contributed by atoms with E-state index in [1.54, 1.807) is 13.2 Å². The number of hydrogen-bond donors (Lipinski definition) is 0. The molecule has 8 heteroatoms. The number of pyridine rings is 1. The zero-order valence-corrected chi connectivity index (χ0v) is 13.7. The predicted molar refractivity (Wildman–Crippen MR) is 88.6 cm³/mol. The molecule has 1 aliphatic rings. The fraction of sp³-hybridized carbons (Fsp3) is 0.375. The summed E-state index contributed by atoms with van der Waals surface area (Å²) in [7, 11) is 2.94. The zero-order valence-electron chi connectivity index (χ0n) is 13.7. The van der Waals surface area contributed by atoms with Gasteiger partial charge in [0.25, 0.3) is 0 Å². The van der Waals surface area contributed by atoms with Gasteiger partial charge in [-0.25, -0.2) is 19.7 Å². The van der Waals surface area contributed by atoms with Gasteiger partial charge < -0.3 is 19.3 Å². The molecule has 0 amide bonds. The SMILES string of the molecule is COC(=O)c1cccc(N2CCN(c3cc(OC)ncn3)CC2)n1. The van der Waals surface area contributed by atoms with E-state index in [-0.39, 0.29) is 0 Å². The number of carbonyl (C=O) groups excluding carboxylic acids is 1. The zero-order chi connectivity index (χ0) is 16.9. The average Bonchev–Trinajstić information content (AvgIpc) is 2.67.